The zero-order valence-corrected chi connectivity index (χ0v) is 13.3. The van der Waals surface area contributed by atoms with Gasteiger partial charge in [0.2, 0.25) is 0 Å². The van der Waals surface area contributed by atoms with Gasteiger partial charge in [0, 0.05) is 10.0 Å². The number of hydrogen-bond acceptors (Lipinski definition) is 1. The van der Waals surface area contributed by atoms with Gasteiger partial charge >= 0.3 is 0 Å². The molecule has 0 aliphatic heterocycles. The van der Waals surface area contributed by atoms with E-state index in [1.54, 1.807) is 6.07 Å². The minimum atomic E-state index is -0.112. The molecule has 1 aromatic carbocycles. The van der Waals surface area contributed by atoms with E-state index in [1.165, 1.54) is 0 Å². The van der Waals surface area contributed by atoms with Crippen LogP contribution in [-0.2, 0) is 6.42 Å². The minimum absolute atomic E-state index is 0.112. The Morgan fingerprint density at radius 3 is 2.50 bits per heavy atom. The second-order valence-corrected chi connectivity index (χ2v) is 6.76. The van der Waals surface area contributed by atoms with Gasteiger partial charge in [0.25, 0.3) is 0 Å². The van der Waals surface area contributed by atoms with Crippen LogP contribution in [0.1, 0.15) is 39.7 Å². The van der Waals surface area contributed by atoms with Crippen molar-refractivity contribution in [2.75, 3.05) is 6.54 Å². The summed E-state index contributed by atoms with van der Waals surface area (Å²) in [5.41, 5.74) is 0.923. The molecule has 0 heterocycles. The number of halogens is 2. The normalized spacial score (nSPS) is 13.7. The highest BCUT2D eigenvalue weighted by Gasteiger charge is 2.15. The van der Waals surface area contributed by atoms with Crippen LogP contribution in [0.2, 0.25) is 0 Å². The van der Waals surface area contributed by atoms with E-state index in [9.17, 15) is 4.39 Å². The standard InChI is InChI=1S/C15H23BrFN/c1-5-11(10-18-15(2,3)4)8-12-6-7-13(16)9-14(12)17/h6-7,9,11,18H,5,8,10H2,1-4H3. The van der Waals surface area contributed by atoms with Gasteiger partial charge < -0.3 is 5.32 Å². The summed E-state index contributed by atoms with van der Waals surface area (Å²) in [5.74, 6) is 0.360. The summed E-state index contributed by atoms with van der Waals surface area (Å²) in [6, 6.07) is 5.32. The van der Waals surface area contributed by atoms with Crippen molar-refractivity contribution < 1.29 is 4.39 Å². The topological polar surface area (TPSA) is 12.0 Å². The zero-order valence-electron chi connectivity index (χ0n) is 11.7. The molecule has 0 spiro atoms. The summed E-state index contributed by atoms with van der Waals surface area (Å²) in [7, 11) is 0. The first-order valence-electron chi connectivity index (χ1n) is 6.50. The van der Waals surface area contributed by atoms with Gasteiger partial charge in [-0.1, -0.05) is 35.3 Å². The van der Waals surface area contributed by atoms with Crippen LogP contribution < -0.4 is 5.32 Å². The van der Waals surface area contributed by atoms with Crippen LogP contribution in [0.15, 0.2) is 22.7 Å². The van der Waals surface area contributed by atoms with E-state index in [0.29, 0.717) is 5.92 Å². The molecule has 1 aromatic rings. The Balaban J connectivity index is 2.62. The summed E-state index contributed by atoms with van der Waals surface area (Å²) in [6.45, 7) is 9.54. The highest BCUT2D eigenvalue weighted by atomic mass is 79.9. The average molecular weight is 316 g/mol. The minimum Gasteiger partial charge on any atom is -0.312 e. The molecule has 0 aliphatic carbocycles. The fourth-order valence-corrected chi connectivity index (χ4v) is 2.14. The second kappa shape index (κ2) is 6.67. The second-order valence-electron chi connectivity index (χ2n) is 5.85. The number of benzene rings is 1. The van der Waals surface area contributed by atoms with Gasteiger partial charge in [-0.05, 0) is 57.4 Å². The number of rotatable bonds is 5. The SMILES string of the molecule is CCC(CNC(C)(C)C)Cc1ccc(Br)cc1F. The Kier molecular flexibility index (Phi) is 5.80. The summed E-state index contributed by atoms with van der Waals surface area (Å²) in [4.78, 5) is 0. The lowest BCUT2D eigenvalue weighted by Crippen LogP contribution is -2.39. The molecule has 0 radical (unpaired) electrons. The largest absolute Gasteiger partial charge is 0.312 e. The first-order chi connectivity index (χ1) is 8.31. The third-order valence-corrected chi connectivity index (χ3v) is 3.52. The third-order valence-electron chi connectivity index (χ3n) is 3.02. The maximum atomic E-state index is 13.8. The predicted octanol–water partition coefficient (Wildman–Crippen LogP) is 4.55. The molecule has 3 heteroatoms. The van der Waals surface area contributed by atoms with E-state index < -0.39 is 0 Å². The molecule has 0 aliphatic rings. The quantitative estimate of drug-likeness (QED) is 0.840. The van der Waals surface area contributed by atoms with Crippen LogP contribution in [0.4, 0.5) is 4.39 Å². The van der Waals surface area contributed by atoms with Crippen molar-refractivity contribution in [1.29, 1.82) is 0 Å². The molecule has 1 unspecified atom stereocenters. The van der Waals surface area contributed by atoms with E-state index in [1.807, 2.05) is 12.1 Å². The van der Waals surface area contributed by atoms with E-state index >= 15 is 0 Å². The van der Waals surface area contributed by atoms with Gasteiger partial charge in [-0.2, -0.15) is 0 Å². The molecule has 0 amide bonds. The van der Waals surface area contributed by atoms with Crippen LogP contribution in [0.25, 0.3) is 0 Å². The molecule has 102 valence electrons. The maximum Gasteiger partial charge on any atom is 0.127 e. The summed E-state index contributed by atoms with van der Waals surface area (Å²) < 4.78 is 14.6. The number of hydrogen-bond donors (Lipinski definition) is 1. The zero-order chi connectivity index (χ0) is 13.8. The molecule has 0 bridgehead atoms. The first-order valence-corrected chi connectivity index (χ1v) is 7.30. The van der Waals surface area contributed by atoms with Gasteiger partial charge in [-0.15, -0.1) is 0 Å². The van der Waals surface area contributed by atoms with Crippen molar-refractivity contribution in [3.8, 4) is 0 Å². The molecule has 0 saturated carbocycles. The lowest BCUT2D eigenvalue weighted by Gasteiger charge is -2.25. The first kappa shape index (κ1) is 15.6. The van der Waals surface area contributed by atoms with E-state index in [4.69, 9.17) is 0 Å². The van der Waals surface area contributed by atoms with Crippen molar-refractivity contribution in [2.45, 2.75) is 46.1 Å². The molecule has 0 saturated heterocycles. The van der Waals surface area contributed by atoms with Crippen LogP contribution >= 0.6 is 15.9 Å². The lowest BCUT2D eigenvalue weighted by atomic mass is 9.95. The Bertz CT molecular complexity index is 385. The molecular formula is C15H23BrFN. The van der Waals surface area contributed by atoms with Gasteiger partial charge in [-0.25, -0.2) is 4.39 Å². The van der Waals surface area contributed by atoms with Gasteiger partial charge in [0.05, 0.1) is 0 Å². The monoisotopic (exact) mass is 315 g/mol. The molecule has 1 N–H and O–H groups in total. The highest BCUT2D eigenvalue weighted by molar-refractivity contribution is 9.10. The Labute approximate surface area is 118 Å². The summed E-state index contributed by atoms with van der Waals surface area (Å²) in [5, 5.41) is 3.49. The van der Waals surface area contributed by atoms with Crippen LogP contribution in [0.3, 0.4) is 0 Å². The van der Waals surface area contributed by atoms with E-state index in [-0.39, 0.29) is 11.4 Å². The Morgan fingerprint density at radius 1 is 1.33 bits per heavy atom. The Morgan fingerprint density at radius 2 is 2.00 bits per heavy atom. The molecule has 0 aromatic heterocycles. The fraction of sp³-hybridized carbons (Fsp3) is 0.600. The highest BCUT2D eigenvalue weighted by Crippen LogP contribution is 2.19. The van der Waals surface area contributed by atoms with Gasteiger partial charge in [0.1, 0.15) is 5.82 Å². The smallest absolute Gasteiger partial charge is 0.127 e. The van der Waals surface area contributed by atoms with Crippen LogP contribution in [0, 0.1) is 11.7 Å². The Hall–Kier alpha value is -0.410. The van der Waals surface area contributed by atoms with Crippen molar-refractivity contribution in [1.82, 2.24) is 5.32 Å². The molecule has 1 nitrogen and oxygen atoms in total. The lowest BCUT2D eigenvalue weighted by molar-refractivity contribution is 0.361. The van der Waals surface area contributed by atoms with Gasteiger partial charge in [0.15, 0.2) is 0 Å². The van der Waals surface area contributed by atoms with Crippen molar-refractivity contribution in [3.05, 3.63) is 34.1 Å². The molecular weight excluding hydrogens is 293 g/mol. The molecule has 0 fully saturated rings. The van der Waals surface area contributed by atoms with E-state index in [0.717, 1.165) is 29.4 Å². The van der Waals surface area contributed by atoms with Crippen LogP contribution in [-0.4, -0.2) is 12.1 Å². The fourth-order valence-electron chi connectivity index (χ4n) is 1.81. The van der Waals surface area contributed by atoms with Gasteiger partial charge in [-0.3, -0.25) is 0 Å². The average Bonchev–Trinajstić information content (AvgIpc) is 2.25. The van der Waals surface area contributed by atoms with Crippen molar-refractivity contribution >= 4 is 15.9 Å². The van der Waals surface area contributed by atoms with Crippen LogP contribution in [0.5, 0.6) is 0 Å². The van der Waals surface area contributed by atoms with E-state index in [2.05, 4.69) is 48.9 Å². The predicted molar refractivity (Wildman–Crippen MR) is 79.3 cm³/mol. The maximum absolute atomic E-state index is 13.8. The molecule has 1 rings (SSSR count). The van der Waals surface area contributed by atoms with Crippen molar-refractivity contribution in [2.24, 2.45) is 5.92 Å². The molecule has 18 heavy (non-hydrogen) atoms. The third kappa shape index (κ3) is 5.49. The summed E-state index contributed by atoms with van der Waals surface area (Å²) in [6.07, 6.45) is 1.84. The van der Waals surface area contributed by atoms with Crippen molar-refractivity contribution in [3.63, 3.8) is 0 Å². The molecule has 1 atom stereocenters. The number of nitrogens with one attached hydrogen (secondary N) is 1. The summed E-state index contributed by atoms with van der Waals surface area (Å²) >= 11 is 3.28.